The van der Waals surface area contributed by atoms with E-state index < -0.39 is 5.97 Å². The highest BCUT2D eigenvalue weighted by atomic mass is 19.1. The van der Waals surface area contributed by atoms with Gasteiger partial charge >= 0.3 is 5.97 Å². The van der Waals surface area contributed by atoms with Crippen molar-refractivity contribution in [1.82, 2.24) is 0 Å². The van der Waals surface area contributed by atoms with Gasteiger partial charge in [0.05, 0.1) is 6.61 Å². The zero-order valence-electron chi connectivity index (χ0n) is 15.1. The van der Waals surface area contributed by atoms with Gasteiger partial charge in [-0.05, 0) is 55.7 Å². The molecule has 3 aromatic rings. The van der Waals surface area contributed by atoms with Crippen molar-refractivity contribution < 1.29 is 18.3 Å². The van der Waals surface area contributed by atoms with Gasteiger partial charge in [0.15, 0.2) is 0 Å². The van der Waals surface area contributed by atoms with Crippen molar-refractivity contribution in [2.45, 2.75) is 19.8 Å². The number of fused-ring (bicyclic) bond motifs is 2. The zero-order chi connectivity index (χ0) is 19.0. The van der Waals surface area contributed by atoms with E-state index in [0.717, 1.165) is 36.2 Å². The van der Waals surface area contributed by atoms with Crippen LogP contribution >= 0.6 is 0 Å². The smallest absolute Gasteiger partial charge is 0.342 e. The Morgan fingerprint density at radius 2 is 2.07 bits per heavy atom. The number of anilines is 1. The third kappa shape index (κ3) is 3.10. The second kappa shape index (κ2) is 6.91. The second-order valence-electron chi connectivity index (χ2n) is 6.56. The van der Waals surface area contributed by atoms with E-state index in [1.165, 1.54) is 12.1 Å². The Labute approximate surface area is 156 Å². The summed E-state index contributed by atoms with van der Waals surface area (Å²) in [6.45, 7) is 7.05. The number of hydrogen-bond donors (Lipinski definition) is 1. The maximum Gasteiger partial charge on any atom is 0.342 e. The molecule has 0 saturated carbocycles. The lowest BCUT2D eigenvalue weighted by molar-refractivity contribution is 0.0528. The number of nitrogens with one attached hydrogen (secondary N) is 1. The van der Waals surface area contributed by atoms with Crippen LogP contribution in [0.2, 0.25) is 0 Å². The van der Waals surface area contributed by atoms with Gasteiger partial charge in [-0.1, -0.05) is 6.58 Å². The number of benzene rings is 2. The van der Waals surface area contributed by atoms with E-state index in [1.807, 2.05) is 12.1 Å². The Kier molecular flexibility index (Phi) is 4.44. The first-order chi connectivity index (χ1) is 13.1. The monoisotopic (exact) mass is 365 g/mol. The molecule has 0 aliphatic carbocycles. The minimum Gasteiger partial charge on any atom is -0.462 e. The first kappa shape index (κ1) is 17.3. The first-order valence-corrected chi connectivity index (χ1v) is 9.04. The molecule has 2 heterocycles. The molecule has 0 bridgehead atoms. The molecule has 0 spiro atoms. The van der Waals surface area contributed by atoms with Crippen LogP contribution in [0.5, 0.6) is 0 Å². The van der Waals surface area contributed by atoms with Gasteiger partial charge in [0, 0.05) is 34.8 Å². The standard InChI is InChI=1S/C22H20FNO3/c1-3-26-22(25)20-17-11-16-13(2)5-4-10-24-18(16)12-19(17)27-21(20)14-6-8-15(23)9-7-14/h6-9,11-12,24H,2-5,10H2,1H3. The second-order valence-corrected chi connectivity index (χ2v) is 6.56. The van der Waals surface area contributed by atoms with E-state index in [1.54, 1.807) is 19.1 Å². The van der Waals surface area contributed by atoms with Gasteiger partial charge in [0.1, 0.15) is 22.7 Å². The van der Waals surface area contributed by atoms with Gasteiger partial charge in [-0.15, -0.1) is 0 Å². The molecular formula is C22H20FNO3. The molecule has 0 radical (unpaired) electrons. The normalized spacial score (nSPS) is 13.8. The molecule has 0 fully saturated rings. The van der Waals surface area contributed by atoms with E-state index in [0.29, 0.717) is 27.9 Å². The predicted molar refractivity (Wildman–Crippen MR) is 104 cm³/mol. The lowest BCUT2D eigenvalue weighted by atomic mass is 9.98. The molecule has 1 N–H and O–H groups in total. The van der Waals surface area contributed by atoms with Crippen LogP contribution in [0.15, 0.2) is 47.4 Å². The highest BCUT2D eigenvalue weighted by Gasteiger charge is 2.25. The van der Waals surface area contributed by atoms with Gasteiger partial charge in [-0.2, -0.15) is 0 Å². The number of furan rings is 1. The van der Waals surface area contributed by atoms with Crippen molar-refractivity contribution >= 4 is 28.2 Å². The Morgan fingerprint density at radius 1 is 1.30 bits per heavy atom. The lowest BCUT2D eigenvalue weighted by Gasteiger charge is -2.09. The predicted octanol–water partition coefficient (Wildman–Crippen LogP) is 5.63. The van der Waals surface area contributed by atoms with Gasteiger partial charge in [-0.3, -0.25) is 0 Å². The minimum absolute atomic E-state index is 0.258. The number of esters is 1. The quantitative estimate of drug-likeness (QED) is 0.611. The summed E-state index contributed by atoms with van der Waals surface area (Å²) in [4.78, 5) is 12.7. The molecule has 0 saturated heterocycles. The number of halogens is 1. The number of ether oxygens (including phenoxy) is 1. The molecule has 4 rings (SSSR count). The molecule has 0 amide bonds. The van der Waals surface area contributed by atoms with Crippen molar-refractivity contribution in [3.63, 3.8) is 0 Å². The van der Waals surface area contributed by atoms with Crippen LogP contribution in [-0.2, 0) is 4.74 Å². The van der Waals surface area contributed by atoms with E-state index in [-0.39, 0.29) is 12.4 Å². The topological polar surface area (TPSA) is 51.5 Å². The van der Waals surface area contributed by atoms with Gasteiger partial charge in [-0.25, -0.2) is 9.18 Å². The Morgan fingerprint density at radius 3 is 2.81 bits per heavy atom. The highest BCUT2D eigenvalue weighted by molar-refractivity contribution is 6.10. The van der Waals surface area contributed by atoms with Crippen LogP contribution in [-0.4, -0.2) is 19.1 Å². The summed E-state index contributed by atoms with van der Waals surface area (Å²) in [5.41, 5.74) is 4.52. The largest absolute Gasteiger partial charge is 0.462 e. The summed E-state index contributed by atoms with van der Waals surface area (Å²) in [6, 6.07) is 9.72. The summed E-state index contributed by atoms with van der Waals surface area (Å²) in [5.74, 6) is -0.420. The van der Waals surface area contributed by atoms with Crippen molar-refractivity contribution in [3.8, 4) is 11.3 Å². The summed E-state index contributed by atoms with van der Waals surface area (Å²) in [7, 11) is 0. The van der Waals surface area contributed by atoms with Crippen molar-refractivity contribution in [1.29, 1.82) is 0 Å². The fourth-order valence-electron chi connectivity index (χ4n) is 3.45. The summed E-state index contributed by atoms with van der Waals surface area (Å²) < 4.78 is 24.6. The molecule has 1 aromatic heterocycles. The molecule has 0 unspecified atom stereocenters. The Bertz CT molecular complexity index is 1030. The van der Waals surface area contributed by atoms with E-state index in [2.05, 4.69) is 11.9 Å². The molecule has 0 atom stereocenters. The highest BCUT2D eigenvalue weighted by Crippen LogP contribution is 2.39. The number of hydrogen-bond acceptors (Lipinski definition) is 4. The van der Waals surface area contributed by atoms with Crippen LogP contribution in [0.3, 0.4) is 0 Å². The average molecular weight is 365 g/mol. The maximum absolute atomic E-state index is 13.3. The third-order valence-electron chi connectivity index (χ3n) is 4.77. The Hall–Kier alpha value is -3.08. The fraction of sp³-hybridized carbons (Fsp3) is 0.227. The zero-order valence-corrected chi connectivity index (χ0v) is 15.1. The summed E-state index contributed by atoms with van der Waals surface area (Å²) in [6.07, 6.45) is 1.89. The van der Waals surface area contributed by atoms with Crippen LogP contribution in [0.25, 0.3) is 27.9 Å². The summed E-state index contributed by atoms with van der Waals surface area (Å²) >= 11 is 0. The SMILES string of the molecule is C=C1CCCNc2cc3oc(-c4ccc(F)cc4)c(C(=O)OCC)c3cc21. The van der Waals surface area contributed by atoms with Crippen LogP contribution in [0.1, 0.15) is 35.7 Å². The minimum atomic E-state index is -0.456. The molecule has 5 heteroatoms. The molecule has 2 aromatic carbocycles. The van der Waals surface area contributed by atoms with Crippen LogP contribution in [0, 0.1) is 5.82 Å². The lowest BCUT2D eigenvalue weighted by Crippen LogP contribution is -2.05. The molecule has 4 nitrogen and oxygen atoms in total. The molecular weight excluding hydrogens is 345 g/mol. The molecule has 27 heavy (non-hydrogen) atoms. The molecule has 1 aliphatic rings. The van der Waals surface area contributed by atoms with Crippen LogP contribution in [0.4, 0.5) is 10.1 Å². The number of carbonyl (C=O) groups excluding carboxylic acids is 1. The maximum atomic E-state index is 13.3. The van der Waals surface area contributed by atoms with Gasteiger partial charge in [0.25, 0.3) is 0 Å². The van der Waals surface area contributed by atoms with Crippen molar-refractivity contribution in [2.24, 2.45) is 0 Å². The Balaban J connectivity index is 1.97. The number of carbonyl (C=O) groups is 1. The first-order valence-electron chi connectivity index (χ1n) is 9.04. The number of rotatable bonds is 3. The fourth-order valence-corrected chi connectivity index (χ4v) is 3.45. The van der Waals surface area contributed by atoms with E-state index >= 15 is 0 Å². The van der Waals surface area contributed by atoms with E-state index in [9.17, 15) is 9.18 Å². The average Bonchev–Trinajstić information content (AvgIpc) is 2.93. The van der Waals surface area contributed by atoms with Gasteiger partial charge in [0.2, 0.25) is 0 Å². The van der Waals surface area contributed by atoms with Crippen molar-refractivity contribution in [2.75, 3.05) is 18.5 Å². The van der Waals surface area contributed by atoms with Crippen LogP contribution < -0.4 is 5.32 Å². The molecule has 138 valence electrons. The van der Waals surface area contributed by atoms with Crippen molar-refractivity contribution in [3.05, 3.63) is 59.9 Å². The van der Waals surface area contributed by atoms with Gasteiger partial charge < -0.3 is 14.5 Å². The molecule has 1 aliphatic heterocycles. The number of allylic oxidation sites excluding steroid dienone is 1. The van der Waals surface area contributed by atoms with E-state index in [4.69, 9.17) is 9.15 Å². The summed E-state index contributed by atoms with van der Waals surface area (Å²) in [5, 5.41) is 4.07. The third-order valence-corrected chi connectivity index (χ3v) is 4.77.